The molecule has 18 heavy (non-hydrogen) atoms. The van der Waals surface area contributed by atoms with Crippen LogP contribution in [0.3, 0.4) is 0 Å². The number of halogens is 3. The summed E-state index contributed by atoms with van der Waals surface area (Å²) in [5.41, 5.74) is 0.354. The molecule has 0 aliphatic carbocycles. The Balaban J connectivity index is 3.13. The van der Waals surface area contributed by atoms with Crippen molar-refractivity contribution in [3.63, 3.8) is 0 Å². The number of benzene rings is 1. The number of carbonyl (C=O) groups is 1. The number of hydrogen-bond acceptors (Lipinski definition) is 4. The smallest absolute Gasteiger partial charge is 0.387 e. The predicted octanol–water partition coefficient (Wildman–Crippen LogP) is 2.64. The standard InChI is InChI=1S/C11H8BrF2NO3/c1-17-10(16)4-6-3-9(18-11(13)14)7(5-15)2-8(6)12/h2-3,11H,4H2,1H3. The average molecular weight is 320 g/mol. The molecule has 0 saturated heterocycles. The van der Waals surface area contributed by atoms with Crippen molar-refractivity contribution in [1.82, 2.24) is 0 Å². The summed E-state index contributed by atoms with van der Waals surface area (Å²) in [6, 6.07) is 4.26. The van der Waals surface area contributed by atoms with E-state index >= 15 is 0 Å². The van der Waals surface area contributed by atoms with Crippen molar-refractivity contribution in [3.8, 4) is 11.8 Å². The van der Waals surface area contributed by atoms with Gasteiger partial charge in [0.15, 0.2) is 0 Å². The second-order valence-electron chi connectivity index (χ2n) is 3.18. The van der Waals surface area contributed by atoms with Crippen molar-refractivity contribution in [2.75, 3.05) is 7.11 Å². The van der Waals surface area contributed by atoms with E-state index in [1.165, 1.54) is 19.2 Å². The Morgan fingerprint density at radius 2 is 2.22 bits per heavy atom. The zero-order valence-corrected chi connectivity index (χ0v) is 10.8. The third kappa shape index (κ3) is 3.67. The van der Waals surface area contributed by atoms with Crippen LogP contribution in [0.1, 0.15) is 11.1 Å². The Morgan fingerprint density at radius 3 is 2.72 bits per heavy atom. The van der Waals surface area contributed by atoms with Crippen molar-refractivity contribution in [3.05, 3.63) is 27.7 Å². The zero-order valence-electron chi connectivity index (χ0n) is 9.25. The number of methoxy groups -OCH3 is 1. The van der Waals surface area contributed by atoms with Crippen LogP contribution in [0, 0.1) is 11.3 Å². The molecule has 0 aromatic heterocycles. The maximum absolute atomic E-state index is 12.2. The van der Waals surface area contributed by atoms with Crippen molar-refractivity contribution in [2.24, 2.45) is 0 Å². The van der Waals surface area contributed by atoms with Crippen LogP contribution < -0.4 is 4.74 Å². The van der Waals surface area contributed by atoms with Crippen LogP contribution in [0.5, 0.6) is 5.75 Å². The molecule has 0 saturated carbocycles. The van der Waals surface area contributed by atoms with E-state index in [2.05, 4.69) is 25.4 Å². The van der Waals surface area contributed by atoms with Gasteiger partial charge in [-0.2, -0.15) is 14.0 Å². The quantitative estimate of drug-likeness (QED) is 0.800. The van der Waals surface area contributed by atoms with Crippen LogP contribution in [-0.2, 0) is 16.0 Å². The molecule has 0 aliphatic rings. The first-order valence-corrected chi connectivity index (χ1v) is 5.51. The van der Waals surface area contributed by atoms with Gasteiger partial charge in [-0.25, -0.2) is 0 Å². The third-order valence-corrected chi connectivity index (χ3v) is 2.79. The summed E-state index contributed by atoms with van der Waals surface area (Å²) in [6.07, 6.45) is -0.109. The fourth-order valence-corrected chi connectivity index (χ4v) is 1.72. The summed E-state index contributed by atoms with van der Waals surface area (Å²) in [6.45, 7) is -3.04. The largest absolute Gasteiger partial charge is 0.469 e. The van der Waals surface area contributed by atoms with Gasteiger partial charge in [-0.15, -0.1) is 0 Å². The van der Waals surface area contributed by atoms with Crippen molar-refractivity contribution >= 4 is 21.9 Å². The first kappa shape index (κ1) is 14.4. The van der Waals surface area contributed by atoms with Crippen LogP contribution in [0.2, 0.25) is 0 Å². The van der Waals surface area contributed by atoms with Crippen LogP contribution in [0.15, 0.2) is 16.6 Å². The Kier molecular flexibility index (Phi) is 5.04. The molecule has 0 aliphatic heterocycles. The van der Waals surface area contributed by atoms with Crippen LogP contribution >= 0.6 is 15.9 Å². The normalized spacial score (nSPS) is 10.0. The summed E-state index contributed by atoms with van der Waals surface area (Å²) >= 11 is 3.14. The Hall–Kier alpha value is -1.68. The van der Waals surface area contributed by atoms with Gasteiger partial charge in [-0.1, -0.05) is 15.9 Å². The van der Waals surface area contributed by atoms with Gasteiger partial charge < -0.3 is 9.47 Å². The summed E-state index contributed by atoms with van der Waals surface area (Å²) in [4.78, 5) is 11.1. The van der Waals surface area contributed by atoms with Gasteiger partial charge in [0.05, 0.1) is 19.1 Å². The van der Waals surface area contributed by atoms with E-state index in [4.69, 9.17) is 5.26 Å². The molecule has 7 heteroatoms. The van der Waals surface area contributed by atoms with Crippen molar-refractivity contribution < 1.29 is 23.0 Å². The minimum Gasteiger partial charge on any atom is -0.469 e. The SMILES string of the molecule is COC(=O)Cc1cc(OC(F)F)c(C#N)cc1Br. The van der Waals surface area contributed by atoms with E-state index in [1.54, 1.807) is 6.07 Å². The van der Waals surface area contributed by atoms with E-state index in [0.717, 1.165) is 0 Å². The molecule has 0 bridgehead atoms. The first-order valence-electron chi connectivity index (χ1n) is 4.72. The number of rotatable bonds is 4. The number of hydrogen-bond donors (Lipinski definition) is 0. The summed E-state index contributed by atoms with van der Waals surface area (Å²) in [5.74, 6) is -0.794. The summed E-state index contributed by atoms with van der Waals surface area (Å²) < 4.78 is 33.5. The number of carbonyl (C=O) groups excluding carboxylic acids is 1. The molecule has 0 N–H and O–H groups in total. The van der Waals surface area contributed by atoms with Crippen molar-refractivity contribution in [1.29, 1.82) is 5.26 Å². The minimum atomic E-state index is -3.04. The Morgan fingerprint density at radius 1 is 1.56 bits per heavy atom. The fourth-order valence-electron chi connectivity index (χ4n) is 1.24. The topological polar surface area (TPSA) is 59.3 Å². The lowest BCUT2D eigenvalue weighted by Gasteiger charge is -2.10. The van der Waals surface area contributed by atoms with Crippen molar-refractivity contribution in [2.45, 2.75) is 13.0 Å². The molecule has 0 radical (unpaired) electrons. The van der Waals surface area contributed by atoms with Crippen LogP contribution in [-0.4, -0.2) is 19.7 Å². The number of ether oxygens (including phenoxy) is 2. The van der Waals surface area contributed by atoms with E-state index < -0.39 is 12.6 Å². The molecule has 1 aromatic carbocycles. The lowest BCUT2D eigenvalue weighted by atomic mass is 10.1. The maximum Gasteiger partial charge on any atom is 0.387 e. The van der Waals surface area contributed by atoms with Crippen LogP contribution in [0.25, 0.3) is 0 Å². The molecule has 0 atom stereocenters. The molecule has 0 heterocycles. The highest BCUT2D eigenvalue weighted by Gasteiger charge is 2.15. The second kappa shape index (κ2) is 6.31. The van der Waals surface area contributed by atoms with Gasteiger partial charge in [0.1, 0.15) is 11.8 Å². The minimum absolute atomic E-state index is 0.0456. The molecule has 4 nitrogen and oxygen atoms in total. The predicted molar refractivity (Wildman–Crippen MR) is 61.2 cm³/mol. The third-order valence-electron chi connectivity index (χ3n) is 2.05. The Bertz CT molecular complexity index is 500. The van der Waals surface area contributed by atoms with Gasteiger partial charge >= 0.3 is 12.6 Å². The highest BCUT2D eigenvalue weighted by atomic mass is 79.9. The Labute approximate surface area is 110 Å². The van der Waals surface area contributed by atoms with Gasteiger partial charge in [-0.3, -0.25) is 4.79 Å². The van der Waals surface area contributed by atoms with Gasteiger partial charge in [0, 0.05) is 4.47 Å². The monoisotopic (exact) mass is 319 g/mol. The number of esters is 1. The summed E-state index contributed by atoms with van der Waals surface area (Å²) in [7, 11) is 1.22. The molecule has 0 amide bonds. The zero-order chi connectivity index (χ0) is 13.7. The number of nitrogens with zero attached hydrogens (tertiary/aromatic N) is 1. The lowest BCUT2D eigenvalue weighted by Crippen LogP contribution is -2.08. The molecule has 0 spiro atoms. The highest BCUT2D eigenvalue weighted by molar-refractivity contribution is 9.10. The average Bonchev–Trinajstić information content (AvgIpc) is 2.32. The molecule has 1 aromatic rings. The maximum atomic E-state index is 12.2. The molecular formula is C11H8BrF2NO3. The van der Waals surface area contributed by atoms with Gasteiger partial charge in [0.2, 0.25) is 0 Å². The van der Waals surface area contributed by atoms with E-state index in [1.807, 2.05) is 0 Å². The molecule has 0 unspecified atom stereocenters. The van der Waals surface area contributed by atoms with E-state index in [0.29, 0.717) is 10.0 Å². The van der Waals surface area contributed by atoms with E-state index in [-0.39, 0.29) is 17.7 Å². The molecule has 96 valence electrons. The highest BCUT2D eigenvalue weighted by Crippen LogP contribution is 2.28. The van der Waals surface area contributed by atoms with Crippen LogP contribution in [0.4, 0.5) is 8.78 Å². The molecular weight excluding hydrogens is 312 g/mol. The van der Waals surface area contributed by atoms with Gasteiger partial charge in [-0.05, 0) is 17.7 Å². The molecule has 0 fully saturated rings. The molecule has 1 rings (SSSR count). The second-order valence-corrected chi connectivity index (χ2v) is 4.04. The first-order chi connectivity index (χ1) is 8.47. The fraction of sp³-hybridized carbons (Fsp3) is 0.273. The number of alkyl halides is 2. The lowest BCUT2D eigenvalue weighted by molar-refractivity contribution is -0.139. The van der Waals surface area contributed by atoms with E-state index in [9.17, 15) is 13.6 Å². The van der Waals surface area contributed by atoms with Gasteiger partial charge in [0.25, 0.3) is 0 Å². The summed E-state index contributed by atoms with van der Waals surface area (Å²) in [5, 5.41) is 8.79. The number of nitriles is 1.